The molecule has 0 atom stereocenters. The van der Waals surface area contributed by atoms with E-state index < -0.39 is 28.3 Å². The molecular weight excluding hydrogens is 390 g/mol. The van der Waals surface area contributed by atoms with Gasteiger partial charge in [0.25, 0.3) is 0 Å². The van der Waals surface area contributed by atoms with Gasteiger partial charge in [0.05, 0.1) is 22.8 Å². The molecule has 134 valence electrons. The summed E-state index contributed by atoms with van der Waals surface area (Å²) in [5.41, 5.74) is 0.550. The minimum Gasteiger partial charge on any atom is -0.325 e. The lowest BCUT2D eigenvalue weighted by molar-refractivity contribution is -0.116. The maximum absolute atomic E-state index is 13.8. The molecule has 1 N–H and O–H groups in total. The molecule has 0 spiro atoms. The van der Waals surface area contributed by atoms with Crippen molar-refractivity contribution in [1.82, 2.24) is 4.31 Å². The Labute approximate surface area is 155 Å². The van der Waals surface area contributed by atoms with Crippen LogP contribution in [-0.2, 0) is 21.4 Å². The van der Waals surface area contributed by atoms with E-state index in [1.165, 1.54) is 36.4 Å². The van der Waals surface area contributed by atoms with Crippen LogP contribution in [0.2, 0.25) is 10.0 Å². The molecule has 1 amide bonds. The predicted octanol–water partition coefficient (Wildman–Crippen LogP) is 3.53. The SMILES string of the molecule is CS(=O)(=O)N(CC(=O)Nc1ccc(Cl)c(Cl)c1)Cc1ccccc1F. The van der Waals surface area contributed by atoms with Gasteiger partial charge < -0.3 is 5.32 Å². The van der Waals surface area contributed by atoms with Crippen molar-refractivity contribution < 1.29 is 17.6 Å². The predicted molar refractivity (Wildman–Crippen MR) is 96.7 cm³/mol. The van der Waals surface area contributed by atoms with Crippen molar-refractivity contribution in [3.63, 3.8) is 0 Å². The molecule has 0 aliphatic rings. The number of hydrogen-bond donors (Lipinski definition) is 1. The van der Waals surface area contributed by atoms with Crippen molar-refractivity contribution in [2.24, 2.45) is 0 Å². The summed E-state index contributed by atoms with van der Waals surface area (Å²) in [6.45, 7) is -0.715. The van der Waals surface area contributed by atoms with E-state index >= 15 is 0 Å². The summed E-state index contributed by atoms with van der Waals surface area (Å²) in [5, 5.41) is 3.12. The number of nitrogens with zero attached hydrogens (tertiary/aromatic N) is 1. The summed E-state index contributed by atoms with van der Waals surface area (Å²) in [6.07, 6.45) is 0.959. The standard InChI is InChI=1S/C16H15Cl2FN2O3S/c1-25(23,24)21(9-11-4-2-3-5-15(11)19)10-16(22)20-12-6-7-13(17)14(18)8-12/h2-8H,9-10H2,1H3,(H,20,22). The van der Waals surface area contributed by atoms with Gasteiger partial charge in [0.2, 0.25) is 15.9 Å². The van der Waals surface area contributed by atoms with Gasteiger partial charge in [0.15, 0.2) is 0 Å². The average molecular weight is 405 g/mol. The van der Waals surface area contributed by atoms with Crippen LogP contribution < -0.4 is 5.32 Å². The average Bonchev–Trinajstić information content (AvgIpc) is 2.51. The maximum Gasteiger partial charge on any atom is 0.239 e. The number of halogens is 3. The normalized spacial score (nSPS) is 11.6. The number of rotatable bonds is 6. The monoisotopic (exact) mass is 404 g/mol. The van der Waals surface area contributed by atoms with Crippen molar-refractivity contribution in [3.8, 4) is 0 Å². The third-order valence-corrected chi connectivity index (χ3v) is 5.23. The second-order valence-corrected chi connectivity index (χ2v) is 8.10. The first kappa shape index (κ1) is 19.7. The van der Waals surface area contributed by atoms with E-state index in [1.807, 2.05) is 0 Å². The largest absolute Gasteiger partial charge is 0.325 e. The summed E-state index contributed by atoms with van der Waals surface area (Å²) in [7, 11) is -3.72. The van der Waals surface area contributed by atoms with Crippen LogP contribution in [0.15, 0.2) is 42.5 Å². The Hall–Kier alpha value is -1.67. The van der Waals surface area contributed by atoms with Gasteiger partial charge in [-0.2, -0.15) is 4.31 Å². The first-order chi connectivity index (χ1) is 11.7. The van der Waals surface area contributed by atoms with Gasteiger partial charge >= 0.3 is 0 Å². The van der Waals surface area contributed by atoms with Crippen LogP contribution in [0.5, 0.6) is 0 Å². The lowest BCUT2D eigenvalue weighted by atomic mass is 10.2. The zero-order chi connectivity index (χ0) is 18.6. The summed E-state index contributed by atoms with van der Waals surface area (Å²) in [6, 6.07) is 10.3. The van der Waals surface area contributed by atoms with E-state index in [0.717, 1.165) is 10.6 Å². The molecule has 0 heterocycles. The van der Waals surface area contributed by atoms with E-state index in [4.69, 9.17) is 23.2 Å². The molecular formula is C16H15Cl2FN2O3S. The molecule has 0 aliphatic carbocycles. The fraction of sp³-hybridized carbons (Fsp3) is 0.188. The fourth-order valence-electron chi connectivity index (χ4n) is 2.04. The third-order valence-electron chi connectivity index (χ3n) is 3.30. The van der Waals surface area contributed by atoms with E-state index in [-0.39, 0.29) is 17.1 Å². The maximum atomic E-state index is 13.8. The minimum atomic E-state index is -3.72. The third kappa shape index (κ3) is 5.67. The summed E-state index contributed by atoms with van der Waals surface area (Å²) < 4.78 is 38.5. The smallest absolute Gasteiger partial charge is 0.239 e. The Morgan fingerprint density at radius 2 is 1.84 bits per heavy atom. The fourth-order valence-corrected chi connectivity index (χ4v) is 3.07. The van der Waals surface area contributed by atoms with Crippen molar-refractivity contribution in [1.29, 1.82) is 0 Å². The van der Waals surface area contributed by atoms with Crippen molar-refractivity contribution in [3.05, 3.63) is 63.9 Å². The quantitative estimate of drug-likeness (QED) is 0.800. The van der Waals surface area contributed by atoms with Gasteiger partial charge in [-0.3, -0.25) is 4.79 Å². The minimum absolute atomic E-state index is 0.176. The topological polar surface area (TPSA) is 66.5 Å². The Morgan fingerprint density at radius 1 is 1.16 bits per heavy atom. The van der Waals surface area contributed by atoms with Crippen molar-refractivity contribution >= 4 is 44.8 Å². The van der Waals surface area contributed by atoms with Crippen molar-refractivity contribution in [2.45, 2.75) is 6.54 Å². The number of amides is 1. The molecule has 0 saturated carbocycles. The first-order valence-electron chi connectivity index (χ1n) is 7.10. The first-order valence-corrected chi connectivity index (χ1v) is 9.70. The molecule has 0 unspecified atom stereocenters. The molecule has 9 heteroatoms. The molecule has 2 aromatic rings. The highest BCUT2D eigenvalue weighted by atomic mass is 35.5. The Kier molecular flexibility index (Phi) is 6.40. The summed E-state index contributed by atoms with van der Waals surface area (Å²) >= 11 is 11.7. The number of benzene rings is 2. The van der Waals surface area contributed by atoms with Gasteiger partial charge in [-0.15, -0.1) is 0 Å². The highest BCUT2D eigenvalue weighted by Crippen LogP contribution is 2.25. The summed E-state index contributed by atoms with van der Waals surface area (Å²) in [5.74, 6) is -1.12. The van der Waals surface area contributed by atoms with E-state index in [1.54, 1.807) is 6.07 Å². The van der Waals surface area contributed by atoms with E-state index in [2.05, 4.69) is 5.32 Å². The molecule has 0 radical (unpaired) electrons. The molecule has 25 heavy (non-hydrogen) atoms. The Bertz CT molecular complexity index is 891. The summed E-state index contributed by atoms with van der Waals surface area (Å²) in [4.78, 5) is 12.2. The second kappa shape index (κ2) is 8.14. The number of carbonyl (C=O) groups is 1. The Morgan fingerprint density at radius 3 is 2.44 bits per heavy atom. The van der Waals surface area contributed by atoms with Crippen LogP contribution in [0.4, 0.5) is 10.1 Å². The van der Waals surface area contributed by atoms with Crippen LogP contribution >= 0.6 is 23.2 Å². The number of hydrogen-bond acceptors (Lipinski definition) is 3. The van der Waals surface area contributed by atoms with Gasteiger partial charge in [-0.25, -0.2) is 12.8 Å². The number of nitrogens with one attached hydrogen (secondary N) is 1. The molecule has 5 nitrogen and oxygen atoms in total. The number of sulfonamides is 1. The molecule has 0 fully saturated rings. The van der Waals surface area contributed by atoms with Gasteiger partial charge in [0, 0.05) is 17.8 Å². The zero-order valence-corrected chi connectivity index (χ0v) is 15.5. The van der Waals surface area contributed by atoms with Crippen LogP contribution in [-0.4, -0.2) is 31.4 Å². The van der Waals surface area contributed by atoms with E-state index in [9.17, 15) is 17.6 Å². The molecule has 0 bridgehead atoms. The van der Waals surface area contributed by atoms with Gasteiger partial charge in [-0.1, -0.05) is 41.4 Å². The van der Waals surface area contributed by atoms with Gasteiger partial charge in [-0.05, 0) is 24.3 Å². The highest BCUT2D eigenvalue weighted by molar-refractivity contribution is 7.88. The van der Waals surface area contributed by atoms with Crippen LogP contribution in [0.25, 0.3) is 0 Å². The molecule has 2 aromatic carbocycles. The van der Waals surface area contributed by atoms with Crippen LogP contribution in [0.1, 0.15) is 5.56 Å². The second-order valence-electron chi connectivity index (χ2n) is 5.30. The van der Waals surface area contributed by atoms with Crippen molar-refractivity contribution in [2.75, 3.05) is 18.1 Å². The van der Waals surface area contributed by atoms with Crippen LogP contribution in [0.3, 0.4) is 0 Å². The lowest BCUT2D eigenvalue weighted by Gasteiger charge is -2.20. The van der Waals surface area contributed by atoms with E-state index in [0.29, 0.717) is 10.7 Å². The molecule has 0 aliphatic heterocycles. The number of anilines is 1. The van der Waals surface area contributed by atoms with Gasteiger partial charge in [0.1, 0.15) is 5.82 Å². The highest BCUT2D eigenvalue weighted by Gasteiger charge is 2.22. The zero-order valence-electron chi connectivity index (χ0n) is 13.2. The molecule has 2 rings (SSSR count). The molecule has 0 saturated heterocycles. The Balaban J connectivity index is 2.13. The lowest BCUT2D eigenvalue weighted by Crippen LogP contribution is -2.37. The number of carbonyl (C=O) groups excluding carboxylic acids is 1. The molecule has 0 aromatic heterocycles. The van der Waals surface area contributed by atoms with Crippen LogP contribution in [0, 0.1) is 5.82 Å².